The average molecular weight is 336 g/mol. The largest absolute Gasteiger partial charge is 0.325 e. The van der Waals surface area contributed by atoms with Crippen molar-refractivity contribution in [2.24, 2.45) is 0 Å². The molecule has 0 radical (unpaired) electrons. The number of fused-ring (bicyclic) bond motifs is 1. The highest BCUT2D eigenvalue weighted by Gasteiger charge is 2.17. The molecule has 0 saturated heterocycles. The van der Waals surface area contributed by atoms with Crippen molar-refractivity contribution in [2.75, 3.05) is 11.1 Å². The molecule has 2 aromatic rings. The number of H-pyrrole nitrogens is 1. The molecule has 1 amide bonds. The lowest BCUT2D eigenvalue weighted by Gasteiger charge is -2.06. The van der Waals surface area contributed by atoms with E-state index in [-0.39, 0.29) is 17.2 Å². The van der Waals surface area contributed by atoms with Crippen LogP contribution in [0.15, 0.2) is 34.2 Å². The highest BCUT2D eigenvalue weighted by atomic mass is 35.5. The summed E-state index contributed by atoms with van der Waals surface area (Å²) in [6.07, 6.45) is 2.60. The number of aryl methyl sites for hydroxylation is 1. The second kappa shape index (κ2) is 6.54. The number of nitrogens with one attached hydrogen (secondary N) is 2. The molecule has 0 fully saturated rings. The Morgan fingerprint density at radius 2 is 2.09 bits per heavy atom. The van der Waals surface area contributed by atoms with E-state index < -0.39 is 0 Å². The van der Waals surface area contributed by atoms with Gasteiger partial charge in [-0.25, -0.2) is 4.98 Å². The van der Waals surface area contributed by atoms with E-state index in [1.807, 2.05) is 0 Å². The Morgan fingerprint density at radius 1 is 1.32 bits per heavy atom. The second-order valence-corrected chi connectivity index (χ2v) is 6.39. The predicted molar refractivity (Wildman–Crippen MR) is 87.7 cm³/mol. The highest BCUT2D eigenvalue weighted by molar-refractivity contribution is 7.99. The van der Waals surface area contributed by atoms with Gasteiger partial charge in [-0.15, -0.1) is 0 Å². The molecule has 0 bridgehead atoms. The minimum Gasteiger partial charge on any atom is -0.325 e. The Morgan fingerprint density at radius 3 is 2.86 bits per heavy atom. The highest BCUT2D eigenvalue weighted by Crippen LogP contribution is 2.20. The number of aromatic amines is 1. The lowest BCUT2D eigenvalue weighted by Crippen LogP contribution is -2.17. The molecule has 0 atom stereocenters. The molecule has 0 unspecified atom stereocenters. The van der Waals surface area contributed by atoms with E-state index in [1.54, 1.807) is 24.3 Å². The first-order chi connectivity index (χ1) is 10.6. The molecule has 3 rings (SSSR count). The number of amides is 1. The van der Waals surface area contributed by atoms with Gasteiger partial charge < -0.3 is 10.3 Å². The minimum absolute atomic E-state index is 0.0805. The molecule has 7 heteroatoms. The number of benzene rings is 1. The molecular weight excluding hydrogens is 322 g/mol. The standard InChI is InChI=1S/C15H14ClN3O2S/c16-9-4-6-10(7-5-9)17-13(20)8-22-15-18-12-3-1-2-11(12)14(21)19-15/h4-7H,1-3,8H2,(H,17,20)(H,18,19,21). The number of anilines is 1. The van der Waals surface area contributed by atoms with Gasteiger partial charge in [-0.05, 0) is 43.5 Å². The van der Waals surface area contributed by atoms with Crippen LogP contribution >= 0.6 is 23.4 Å². The fourth-order valence-electron chi connectivity index (χ4n) is 2.35. The Labute approximate surface area is 136 Å². The Hall–Kier alpha value is -1.79. The molecule has 1 aromatic carbocycles. The van der Waals surface area contributed by atoms with Gasteiger partial charge in [0.15, 0.2) is 5.16 Å². The third kappa shape index (κ3) is 3.51. The van der Waals surface area contributed by atoms with Crippen LogP contribution in [0.5, 0.6) is 0 Å². The maximum atomic E-state index is 11.9. The molecule has 0 saturated carbocycles. The van der Waals surface area contributed by atoms with Crippen molar-refractivity contribution in [3.05, 3.63) is 50.9 Å². The molecule has 5 nitrogen and oxygen atoms in total. The molecule has 1 aliphatic rings. The van der Waals surface area contributed by atoms with Gasteiger partial charge in [-0.2, -0.15) is 0 Å². The van der Waals surface area contributed by atoms with Crippen molar-refractivity contribution in [2.45, 2.75) is 24.4 Å². The summed E-state index contributed by atoms with van der Waals surface area (Å²) in [5.41, 5.74) is 2.26. The number of aromatic nitrogens is 2. The topological polar surface area (TPSA) is 74.8 Å². The third-order valence-corrected chi connectivity index (χ3v) is 4.51. The first kappa shape index (κ1) is 15.1. The van der Waals surface area contributed by atoms with Crippen LogP contribution in [-0.4, -0.2) is 21.6 Å². The Bertz CT molecular complexity index is 758. The van der Waals surface area contributed by atoms with E-state index in [0.29, 0.717) is 15.9 Å². The number of hydrogen-bond acceptors (Lipinski definition) is 4. The van der Waals surface area contributed by atoms with E-state index in [4.69, 9.17) is 11.6 Å². The maximum absolute atomic E-state index is 11.9. The van der Waals surface area contributed by atoms with E-state index in [2.05, 4.69) is 15.3 Å². The SMILES string of the molecule is O=C(CSc1nc2c(c(=O)[nH]1)CCC2)Nc1ccc(Cl)cc1. The monoisotopic (exact) mass is 335 g/mol. The summed E-state index contributed by atoms with van der Waals surface area (Å²) in [6.45, 7) is 0. The molecule has 114 valence electrons. The van der Waals surface area contributed by atoms with E-state index in [0.717, 1.165) is 30.5 Å². The van der Waals surface area contributed by atoms with Gasteiger partial charge >= 0.3 is 0 Å². The number of hydrogen-bond donors (Lipinski definition) is 2. The van der Waals surface area contributed by atoms with Crippen LogP contribution < -0.4 is 10.9 Å². The van der Waals surface area contributed by atoms with Crippen LogP contribution in [0.25, 0.3) is 0 Å². The zero-order valence-electron chi connectivity index (χ0n) is 11.7. The number of thioether (sulfide) groups is 1. The van der Waals surface area contributed by atoms with Gasteiger partial charge in [-0.3, -0.25) is 9.59 Å². The summed E-state index contributed by atoms with van der Waals surface area (Å²) in [4.78, 5) is 30.9. The van der Waals surface area contributed by atoms with Gasteiger partial charge in [0.2, 0.25) is 5.91 Å². The van der Waals surface area contributed by atoms with Gasteiger partial charge in [0, 0.05) is 16.3 Å². The Kier molecular flexibility index (Phi) is 4.49. The summed E-state index contributed by atoms with van der Waals surface area (Å²) >= 11 is 7.02. The van der Waals surface area contributed by atoms with Crippen LogP contribution in [0.4, 0.5) is 5.69 Å². The van der Waals surface area contributed by atoms with Gasteiger partial charge in [0.1, 0.15) is 0 Å². The average Bonchev–Trinajstić information content (AvgIpc) is 2.97. The van der Waals surface area contributed by atoms with Crippen LogP contribution in [0.2, 0.25) is 5.02 Å². The zero-order chi connectivity index (χ0) is 15.5. The molecule has 2 N–H and O–H groups in total. The number of carbonyl (C=O) groups excluding carboxylic acids is 1. The first-order valence-corrected chi connectivity index (χ1v) is 8.28. The molecule has 1 heterocycles. The van der Waals surface area contributed by atoms with Crippen molar-refractivity contribution in [3.8, 4) is 0 Å². The van der Waals surface area contributed by atoms with Crippen LogP contribution in [0, 0.1) is 0 Å². The predicted octanol–water partition coefficient (Wildman–Crippen LogP) is 2.64. The fourth-order valence-corrected chi connectivity index (χ4v) is 3.16. The van der Waals surface area contributed by atoms with Gasteiger partial charge in [-0.1, -0.05) is 23.4 Å². The van der Waals surface area contributed by atoms with Crippen LogP contribution in [-0.2, 0) is 17.6 Å². The van der Waals surface area contributed by atoms with Crippen LogP contribution in [0.3, 0.4) is 0 Å². The zero-order valence-corrected chi connectivity index (χ0v) is 13.3. The molecular formula is C15H14ClN3O2S. The molecule has 22 heavy (non-hydrogen) atoms. The minimum atomic E-state index is -0.157. The number of rotatable bonds is 4. The molecule has 1 aliphatic carbocycles. The number of carbonyl (C=O) groups is 1. The lowest BCUT2D eigenvalue weighted by atomic mass is 10.3. The second-order valence-electron chi connectivity index (χ2n) is 4.99. The number of halogens is 1. The summed E-state index contributed by atoms with van der Waals surface area (Å²) in [5.74, 6) is 0.0279. The summed E-state index contributed by atoms with van der Waals surface area (Å²) in [6, 6.07) is 6.90. The summed E-state index contributed by atoms with van der Waals surface area (Å²) in [5, 5.41) is 3.88. The van der Waals surface area contributed by atoms with Crippen molar-refractivity contribution in [3.63, 3.8) is 0 Å². The summed E-state index contributed by atoms with van der Waals surface area (Å²) < 4.78 is 0. The van der Waals surface area contributed by atoms with Crippen molar-refractivity contribution in [1.29, 1.82) is 0 Å². The van der Waals surface area contributed by atoms with Crippen molar-refractivity contribution >= 4 is 35.0 Å². The van der Waals surface area contributed by atoms with E-state index in [9.17, 15) is 9.59 Å². The van der Waals surface area contributed by atoms with Crippen molar-refractivity contribution in [1.82, 2.24) is 9.97 Å². The first-order valence-electron chi connectivity index (χ1n) is 6.92. The van der Waals surface area contributed by atoms with Crippen molar-refractivity contribution < 1.29 is 4.79 Å². The Balaban J connectivity index is 1.60. The van der Waals surface area contributed by atoms with Crippen LogP contribution in [0.1, 0.15) is 17.7 Å². The van der Waals surface area contributed by atoms with E-state index >= 15 is 0 Å². The quantitative estimate of drug-likeness (QED) is 0.665. The molecule has 0 aliphatic heterocycles. The molecule has 0 spiro atoms. The fraction of sp³-hybridized carbons (Fsp3) is 0.267. The van der Waals surface area contributed by atoms with Gasteiger partial charge in [0.05, 0.1) is 11.4 Å². The van der Waals surface area contributed by atoms with Gasteiger partial charge in [0.25, 0.3) is 5.56 Å². The lowest BCUT2D eigenvalue weighted by molar-refractivity contribution is -0.113. The number of nitrogens with zero attached hydrogens (tertiary/aromatic N) is 1. The smallest absolute Gasteiger partial charge is 0.254 e. The third-order valence-electron chi connectivity index (χ3n) is 3.39. The maximum Gasteiger partial charge on any atom is 0.254 e. The van der Waals surface area contributed by atoms with E-state index in [1.165, 1.54) is 11.8 Å². The normalized spacial score (nSPS) is 13.0. The summed E-state index contributed by atoms with van der Waals surface area (Å²) in [7, 11) is 0. The molecule has 1 aromatic heterocycles.